The van der Waals surface area contributed by atoms with Gasteiger partial charge < -0.3 is 4.74 Å². The van der Waals surface area contributed by atoms with Gasteiger partial charge in [0.1, 0.15) is 21.9 Å². The van der Waals surface area contributed by atoms with Crippen molar-refractivity contribution in [1.29, 1.82) is 0 Å². The lowest BCUT2D eigenvalue weighted by atomic mass is 10.1. The fourth-order valence-electron chi connectivity index (χ4n) is 2.27. The number of ether oxygens (including phenoxy) is 1. The summed E-state index contributed by atoms with van der Waals surface area (Å²) >= 11 is 11.6. The van der Waals surface area contributed by atoms with E-state index in [0.717, 1.165) is 27.8 Å². The molecule has 2 nitrogen and oxygen atoms in total. The molecule has 0 saturated carbocycles. The Kier molecular flexibility index (Phi) is 5.91. The van der Waals surface area contributed by atoms with Gasteiger partial charge in [0, 0.05) is 11.8 Å². The van der Waals surface area contributed by atoms with Crippen LogP contribution in [0.5, 0.6) is 5.75 Å². The molecule has 0 aliphatic carbocycles. The SMILES string of the molecule is ClC(Cl)[Si]c1ccc(COc2cccc(-c3ccccn3)c2)cc1. The summed E-state index contributed by atoms with van der Waals surface area (Å²) in [5.41, 5.74) is 3.08. The van der Waals surface area contributed by atoms with Crippen LogP contribution in [0.4, 0.5) is 0 Å². The minimum absolute atomic E-state index is 0.346. The summed E-state index contributed by atoms with van der Waals surface area (Å²) in [6.45, 7) is 0.514. The molecular formula is C19H15Cl2NOSi. The molecule has 2 radical (unpaired) electrons. The van der Waals surface area contributed by atoms with Crippen LogP contribution in [0.3, 0.4) is 0 Å². The average molecular weight is 372 g/mol. The normalized spacial score (nSPS) is 10.8. The summed E-state index contributed by atoms with van der Waals surface area (Å²) in [5, 5.41) is 1.14. The predicted molar refractivity (Wildman–Crippen MR) is 101 cm³/mol. The predicted octanol–water partition coefficient (Wildman–Crippen LogP) is 4.42. The first-order chi connectivity index (χ1) is 11.7. The molecule has 3 aromatic rings. The second kappa shape index (κ2) is 8.33. The van der Waals surface area contributed by atoms with Gasteiger partial charge in [0.25, 0.3) is 0 Å². The van der Waals surface area contributed by atoms with Crippen LogP contribution in [-0.2, 0) is 6.61 Å². The summed E-state index contributed by atoms with van der Waals surface area (Å²) in [6, 6.07) is 22.0. The van der Waals surface area contributed by atoms with Gasteiger partial charge in [-0.3, -0.25) is 4.98 Å². The Labute approximate surface area is 154 Å². The first-order valence-corrected chi connectivity index (χ1v) is 9.43. The van der Waals surface area contributed by atoms with Crippen LogP contribution in [0.2, 0.25) is 0 Å². The molecule has 0 aliphatic heterocycles. The van der Waals surface area contributed by atoms with Gasteiger partial charge in [-0.2, -0.15) is 0 Å². The van der Waals surface area contributed by atoms with Crippen LogP contribution in [0.25, 0.3) is 11.3 Å². The molecule has 0 amide bonds. The van der Waals surface area contributed by atoms with E-state index in [9.17, 15) is 0 Å². The third kappa shape index (κ3) is 4.84. The smallest absolute Gasteiger partial charge is 0.124 e. The quantitative estimate of drug-likeness (QED) is 0.472. The Morgan fingerprint density at radius 1 is 0.958 bits per heavy atom. The van der Waals surface area contributed by atoms with Crippen molar-refractivity contribution in [3.8, 4) is 17.0 Å². The van der Waals surface area contributed by atoms with Crippen molar-refractivity contribution in [3.63, 3.8) is 0 Å². The summed E-state index contributed by atoms with van der Waals surface area (Å²) in [7, 11) is 0.397. The highest BCUT2D eigenvalue weighted by molar-refractivity contribution is 6.75. The number of nitrogens with zero attached hydrogens (tertiary/aromatic N) is 1. The van der Waals surface area contributed by atoms with Gasteiger partial charge in [0.2, 0.25) is 0 Å². The van der Waals surface area contributed by atoms with Crippen LogP contribution in [-0.4, -0.2) is 19.0 Å². The summed E-state index contributed by atoms with van der Waals surface area (Å²) in [5.74, 6) is 0.825. The van der Waals surface area contributed by atoms with Gasteiger partial charge in [-0.05, 0) is 29.8 Å². The lowest BCUT2D eigenvalue weighted by molar-refractivity contribution is 0.306. The molecule has 1 aromatic heterocycles. The van der Waals surface area contributed by atoms with E-state index in [1.165, 1.54) is 0 Å². The second-order valence-corrected chi connectivity index (χ2v) is 8.45. The zero-order chi connectivity index (χ0) is 16.8. The van der Waals surface area contributed by atoms with Crippen molar-refractivity contribution in [3.05, 3.63) is 78.5 Å². The van der Waals surface area contributed by atoms with Crippen molar-refractivity contribution >= 4 is 37.9 Å². The Hall–Kier alpha value is -1.81. The number of aromatic nitrogens is 1. The van der Waals surface area contributed by atoms with E-state index in [1.807, 2.05) is 66.7 Å². The standard InChI is InChI=1S/C19H15Cl2NOSi/c20-19(21)24-17-9-7-14(8-10-17)13-23-16-5-3-4-15(12-16)18-6-1-2-11-22-18/h1-12,19H,13H2. The van der Waals surface area contributed by atoms with E-state index in [2.05, 4.69) is 4.98 Å². The molecule has 0 N–H and O–H groups in total. The second-order valence-electron chi connectivity index (χ2n) is 5.17. The molecule has 0 bridgehead atoms. The first kappa shape index (κ1) is 17.0. The molecule has 2 aromatic carbocycles. The molecule has 24 heavy (non-hydrogen) atoms. The van der Waals surface area contributed by atoms with Gasteiger partial charge in [0.15, 0.2) is 0 Å². The molecule has 120 valence electrons. The zero-order valence-electron chi connectivity index (χ0n) is 12.8. The number of rotatable bonds is 6. The van der Waals surface area contributed by atoms with Crippen LogP contribution in [0, 0.1) is 0 Å². The fourth-order valence-corrected chi connectivity index (χ4v) is 3.64. The number of hydrogen-bond donors (Lipinski definition) is 0. The lowest BCUT2D eigenvalue weighted by Gasteiger charge is -2.09. The topological polar surface area (TPSA) is 22.1 Å². The Bertz CT molecular complexity index is 779. The Morgan fingerprint density at radius 2 is 1.79 bits per heavy atom. The van der Waals surface area contributed by atoms with Gasteiger partial charge in [-0.1, -0.05) is 47.7 Å². The van der Waals surface area contributed by atoms with Crippen molar-refractivity contribution in [1.82, 2.24) is 4.98 Å². The van der Waals surface area contributed by atoms with Crippen LogP contribution >= 0.6 is 23.2 Å². The number of benzene rings is 2. The first-order valence-electron chi connectivity index (χ1n) is 7.48. The van der Waals surface area contributed by atoms with Crippen molar-refractivity contribution < 1.29 is 4.74 Å². The lowest BCUT2D eigenvalue weighted by Crippen LogP contribution is -2.20. The Morgan fingerprint density at radius 3 is 2.50 bits per heavy atom. The summed E-state index contributed by atoms with van der Waals surface area (Å²) < 4.78 is 5.55. The molecule has 0 spiro atoms. The molecule has 0 saturated heterocycles. The maximum absolute atomic E-state index is 5.90. The van der Waals surface area contributed by atoms with E-state index in [4.69, 9.17) is 27.9 Å². The highest BCUT2D eigenvalue weighted by Gasteiger charge is 2.04. The largest absolute Gasteiger partial charge is 0.489 e. The van der Waals surface area contributed by atoms with Gasteiger partial charge in [0.05, 0.1) is 10.2 Å². The van der Waals surface area contributed by atoms with E-state index in [1.54, 1.807) is 6.20 Å². The zero-order valence-corrected chi connectivity index (χ0v) is 15.3. The van der Waals surface area contributed by atoms with E-state index in [-0.39, 0.29) is 4.46 Å². The highest BCUT2D eigenvalue weighted by atomic mass is 35.5. The van der Waals surface area contributed by atoms with Crippen LogP contribution in [0.15, 0.2) is 72.9 Å². The van der Waals surface area contributed by atoms with E-state index in [0.29, 0.717) is 16.1 Å². The van der Waals surface area contributed by atoms with Gasteiger partial charge >= 0.3 is 0 Å². The number of halogens is 2. The molecular weight excluding hydrogens is 357 g/mol. The van der Waals surface area contributed by atoms with E-state index < -0.39 is 0 Å². The molecule has 0 fully saturated rings. The monoisotopic (exact) mass is 371 g/mol. The molecule has 3 rings (SSSR count). The molecule has 1 heterocycles. The molecule has 0 atom stereocenters. The average Bonchev–Trinajstić information content (AvgIpc) is 2.62. The van der Waals surface area contributed by atoms with Crippen LogP contribution < -0.4 is 9.92 Å². The summed E-state index contributed by atoms with van der Waals surface area (Å²) in [6.07, 6.45) is 1.79. The molecule has 0 aliphatic rings. The third-order valence-electron chi connectivity index (χ3n) is 3.43. The minimum atomic E-state index is -0.346. The van der Waals surface area contributed by atoms with Crippen molar-refractivity contribution in [2.45, 2.75) is 11.1 Å². The number of pyridine rings is 1. The Balaban J connectivity index is 1.64. The highest BCUT2D eigenvalue weighted by Crippen LogP contribution is 2.22. The molecule has 5 heteroatoms. The van der Waals surface area contributed by atoms with E-state index >= 15 is 0 Å². The van der Waals surface area contributed by atoms with Crippen molar-refractivity contribution in [2.75, 3.05) is 0 Å². The number of hydrogen-bond acceptors (Lipinski definition) is 2. The third-order valence-corrected chi connectivity index (χ3v) is 4.97. The van der Waals surface area contributed by atoms with Crippen molar-refractivity contribution in [2.24, 2.45) is 0 Å². The minimum Gasteiger partial charge on any atom is -0.489 e. The molecule has 0 unspecified atom stereocenters. The fraction of sp³-hybridized carbons (Fsp3) is 0.105. The number of alkyl halides is 2. The van der Waals surface area contributed by atoms with Crippen LogP contribution in [0.1, 0.15) is 5.56 Å². The summed E-state index contributed by atoms with van der Waals surface area (Å²) in [4.78, 5) is 4.37. The maximum atomic E-state index is 5.90. The maximum Gasteiger partial charge on any atom is 0.124 e. The van der Waals surface area contributed by atoms with Gasteiger partial charge in [-0.15, -0.1) is 23.2 Å². The van der Waals surface area contributed by atoms with Gasteiger partial charge in [-0.25, -0.2) is 0 Å².